The quantitative estimate of drug-likeness (QED) is 0.815. The van der Waals surface area contributed by atoms with Crippen molar-refractivity contribution < 1.29 is 0 Å². The normalized spacial score (nSPS) is 25.9. The van der Waals surface area contributed by atoms with Crippen molar-refractivity contribution in [1.82, 2.24) is 0 Å². The van der Waals surface area contributed by atoms with Gasteiger partial charge in [0.1, 0.15) is 4.34 Å². The van der Waals surface area contributed by atoms with Crippen LogP contribution >= 0.6 is 38.9 Å². The maximum absolute atomic E-state index is 6.39. The van der Waals surface area contributed by atoms with Crippen LogP contribution in [0.4, 0.5) is 0 Å². The Balaban J connectivity index is 2.22. The van der Waals surface area contributed by atoms with E-state index in [1.165, 1.54) is 24.1 Å². The second-order valence-corrected chi connectivity index (χ2v) is 7.82. The molecule has 90 valence electrons. The van der Waals surface area contributed by atoms with E-state index in [1.54, 1.807) is 11.3 Å². The van der Waals surface area contributed by atoms with Gasteiger partial charge >= 0.3 is 0 Å². The fourth-order valence-electron chi connectivity index (χ4n) is 2.75. The first kappa shape index (κ1) is 12.9. The minimum absolute atomic E-state index is 0.131. The maximum atomic E-state index is 6.39. The Labute approximate surface area is 114 Å². The van der Waals surface area contributed by atoms with E-state index < -0.39 is 0 Å². The van der Waals surface area contributed by atoms with Gasteiger partial charge in [0.25, 0.3) is 0 Å². The second kappa shape index (κ2) is 4.60. The zero-order valence-corrected chi connectivity index (χ0v) is 12.8. The number of thiophene rings is 1. The van der Waals surface area contributed by atoms with E-state index in [4.69, 9.17) is 17.3 Å². The Kier molecular flexibility index (Phi) is 3.70. The van der Waals surface area contributed by atoms with Crippen LogP contribution in [0.3, 0.4) is 0 Å². The molecule has 4 heteroatoms. The molecule has 2 atom stereocenters. The average molecular weight is 323 g/mol. The first-order valence-electron chi connectivity index (χ1n) is 5.62. The first-order chi connectivity index (χ1) is 7.42. The van der Waals surface area contributed by atoms with E-state index in [0.29, 0.717) is 11.3 Å². The molecular weight excluding hydrogens is 306 g/mol. The Morgan fingerprint density at radius 3 is 2.75 bits per heavy atom. The second-order valence-electron chi connectivity index (χ2n) is 5.28. The predicted molar refractivity (Wildman–Crippen MR) is 75.1 cm³/mol. The summed E-state index contributed by atoms with van der Waals surface area (Å²) in [6.45, 7) is 4.66. The molecule has 0 saturated heterocycles. The van der Waals surface area contributed by atoms with Crippen LogP contribution in [0.2, 0.25) is 4.34 Å². The summed E-state index contributed by atoms with van der Waals surface area (Å²) in [6.07, 6.45) is 3.82. The number of hydrogen-bond acceptors (Lipinski definition) is 2. The van der Waals surface area contributed by atoms with Gasteiger partial charge in [-0.25, -0.2) is 0 Å². The van der Waals surface area contributed by atoms with Crippen molar-refractivity contribution in [1.29, 1.82) is 0 Å². The highest BCUT2D eigenvalue weighted by Crippen LogP contribution is 2.49. The number of hydrogen-bond donors (Lipinski definition) is 1. The lowest BCUT2D eigenvalue weighted by molar-refractivity contribution is 0.224. The third-order valence-corrected chi connectivity index (χ3v) is 6.34. The van der Waals surface area contributed by atoms with Crippen molar-refractivity contribution in [3.8, 4) is 0 Å². The van der Waals surface area contributed by atoms with Crippen molar-refractivity contribution in [3.05, 3.63) is 19.8 Å². The molecule has 1 aromatic rings. The van der Waals surface area contributed by atoms with Crippen LogP contribution in [-0.2, 0) is 0 Å². The van der Waals surface area contributed by atoms with Crippen LogP contribution in [0, 0.1) is 11.3 Å². The van der Waals surface area contributed by atoms with Gasteiger partial charge in [-0.1, -0.05) is 31.9 Å². The third-order valence-electron chi connectivity index (χ3n) is 3.77. The van der Waals surface area contributed by atoms with Crippen LogP contribution in [0.15, 0.2) is 10.5 Å². The van der Waals surface area contributed by atoms with E-state index in [-0.39, 0.29) is 6.04 Å². The standard InChI is InChI=1S/C12H17BrClNS/c1-12(2)5-3-4-7(12)10(15)9-6-8(13)11(14)16-9/h6-7,10H,3-5,15H2,1-2H3. The Bertz CT molecular complexity index is 369. The fraction of sp³-hybridized carbons (Fsp3) is 0.667. The molecule has 1 saturated carbocycles. The summed E-state index contributed by atoms with van der Waals surface area (Å²) in [4.78, 5) is 1.21. The minimum Gasteiger partial charge on any atom is -0.323 e. The molecule has 2 unspecified atom stereocenters. The van der Waals surface area contributed by atoms with Gasteiger partial charge < -0.3 is 5.73 Å². The molecule has 0 radical (unpaired) electrons. The molecule has 1 heterocycles. The van der Waals surface area contributed by atoms with Gasteiger partial charge in [0.2, 0.25) is 0 Å². The zero-order chi connectivity index (χ0) is 11.9. The van der Waals surface area contributed by atoms with Gasteiger partial charge in [-0.15, -0.1) is 11.3 Å². The maximum Gasteiger partial charge on any atom is 0.107 e. The van der Waals surface area contributed by atoms with Crippen molar-refractivity contribution in [2.75, 3.05) is 0 Å². The molecule has 0 bridgehead atoms. The Morgan fingerprint density at radius 1 is 1.62 bits per heavy atom. The molecule has 1 aromatic heterocycles. The minimum atomic E-state index is 0.131. The first-order valence-corrected chi connectivity index (χ1v) is 7.61. The molecule has 1 nitrogen and oxygen atoms in total. The largest absolute Gasteiger partial charge is 0.323 e. The summed E-state index contributed by atoms with van der Waals surface area (Å²) in [5.74, 6) is 0.578. The number of halogens is 2. The molecule has 16 heavy (non-hydrogen) atoms. The molecule has 1 aliphatic rings. The highest BCUT2D eigenvalue weighted by Gasteiger charge is 2.39. The van der Waals surface area contributed by atoms with E-state index in [9.17, 15) is 0 Å². The van der Waals surface area contributed by atoms with Crippen LogP contribution < -0.4 is 5.73 Å². The zero-order valence-electron chi connectivity index (χ0n) is 9.59. The Hall–Kier alpha value is 0.430. The molecular formula is C12H17BrClNS. The topological polar surface area (TPSA) is 26.0 Å². The molecule has 2 N–H and O–H groups in total. The summed E-state index contributed by atoms with van der Waals surface area (Å²) in [5, 5.41) is 0. The third kappa shape index (κ3) is 2.33. The van der Waals surface area contributed by atoms with Gasteiger partial charge in [0, 0.05) is 15.4 Å². The molecule has 0 aromatic carbocycles. The molecule has 0 aliphatic heterocycles. The summed E-state index contributed by atoms with van der Waals surface area (Å²) < 4.78 is 1.78. The van der Waals surface area contributed by atoms with Crippen LogP contribution in [0.1, 0.15) is 44.0 Å². The molecule has 2 rings (SSSR count). The van der Waals surface area contributed by atoms with Gasteiger partial charge in [0.05, 0.1) is 0 Å². The number of nitrogens with two attached hydrogens (primary N) is 1. The highest BCUT2D eigenvalue weighted by molar-refractivity contribution is 9.10. The molecule has 0 spiro atoms. The van der Waals surface area contributed by atoms with Crippen molar-refractivity contribution in [2.45, 2.75) is 39.2 Å². The van der Waals surface area contributed by atoms with Crippen molar-refractivity contribution in [3.63, 3.8) is 0 Å². The predicted octanol–water partition coefficient (Wildman–Crippen LogP) is 4.99. The fourth-order valence-corrected chi connectivity index (χ4v) is 4.55. The summed E-state index contributed by atoms with van der Waals surface area (Å²) in [6, 6.07) is 2.21. The van der Waals surface area contributed by atoms with Crippen LogP contribution in [0.5, 0.6) is 0 Å². The lowest BCUT2D eigenvalue weighted by Crippen LogP contribution is -2.28. The summed E-state index contributed by atoms with van der Waals surface area (Å²) >= 11 is 11.1. The van der Waals surface area contributed by atoms with Gasteiger partial charge in [-0.05, 0) is 46.2 Å². The van der Waals surface area contributed by atoms with Crippen LogP contribution in [0.25, 0.3) is 0 Å². The smallest absolute Gasteiger partial charge is 0.107 e. The number of rotatable bonds is 2. The van der Waals surface area contributed by atoms with E-state index in [2.05, 4.69) is 35.8 Å². The monoisotopic (exact) mass is 321 g/mol. The van der Waals surface area contributed by atoms with Gasteiger partial charge in [0.15, 0.2) is 0 Å². The lowest BCUT2D eigenvalue weighted by Gasteiger charge is -2.31. The van der Waals surface area contributed by atoms with E-state index in [0.717, 1.165) is 8.81 Å². The van der Waals surface area contributed by atoms with E-state index >= 15 is 0 Å². The van der Waals surface area contributed by atoms with Crippen molar-refractivity contribution >= 4 is 38.9 Å². The van der Waals surface area contributed by atoms with Gasteiger partial charge in [-0.2, -0.15) is 0 Å². The van der Waals surface area contributed by atoms with Crippen LogP contribution in [-0.4, -0.2) is 0 Å². The molecule has 1 aliphatic carbocycles. The Morgan fingerprint density at radius 2 is 2.31 bits per heavy atom. The van der Waals surface area contributed by atoms with Crippen molar-refractivity contribution in [2.24, 2.45) is 17.1 Å². The lowest BCUT2D eigenvalue weighted by atomic mass is 9.77. The van der Waals surface area contributed by atoms with E-state index in [1.807, 2.05) is 0 Å². The summed E-state index contributed by atoms with van der Waals surface area (Å²) in [7, 11) is 0. The SMILES string of the molecule is CC1(C)CCCC1C(N)c1cc(Br)c(Cl)s1. The average Bonchev–Trinajstić information content (AvgIpc) is 2.70. The highest BCUT2D eigenvalue weighted by atomic mass is 79.9. The molecule has 0 amide bonds. The summed E-state index contributed by atoms with van der Waals surface area (Å²) in [5.41, 5.74) is 6.75. The molecule has 1 fully saturated rings. The van der Waals surface area contributed by atoms with Gasteiger partial charge in [-0.3, -0.25) is 0 Å².